The zero-order valence-corrected chi connectivity index (χ0v) is 18.5. The highest BCUT2D eigenvalue weighted by molar-refractivity contribution is 5.96. The fourth-order valence-corrected chi connectivity index (χ4v) is 3.24. The molecule has 2 N–H and O–H groups in total. The van der Waals surface area contributed by atoms with Crippen LogP contribution in [0.4, 0.5) is 4.79 Å². The first-order valence-corrected chi connectivity index (χ1v) is 10.3. The monoisotopic (exact) mass is 455 g/mol. The van der Waals surface area contributed by atoms with E-state index in [1.807, 2.05) is 0 Å². The maximum atomic E-state index is 12.8. The zero-order chi connectivity index (χ0) is 23.8. The molecule has 2 amide bonds. The van der Waals surface area contributed by atoms with Crippen molar-refractivity contribution in [3.05, 3.63) is 65.0 Å². The number of nitrogens with zero attached hydrogens (tertiary/aromatic N) is 1. The summed E-state index contributed by atoms with van der Waals surface area (Å²) in [5, 5.41) is 5.27. The van der Waals surface area contributed by atoms with Crippen molar-refractivity contribution in [3.63, 3.8) is 0 Å². The van der Waals surface area contributed by atoms with Crippen LogP contribution in [0.15, 0.2) is 53.9 Å². The Bertz CT molecular complexity index is 1050. The van der Waals surface area contributed by atoms with Crippen LogP contribution in [0.1, 0.15) is 35.8 Å². The van der Waals surface area contributed by atoms with Crippen LogP contribution < -0.4 is 20.1 Å². The number of amides is 2. The molecule has 2 aromatic rings. The lowest BCUT2D eigenvalue weighted by atomic mass is 9.95. The van der Waals surface area contributed by atoms with Gasteiger partial charge in [-0.2, -0.15) is 0 Å². The summed E-state index contributed by atoms with van der Waals surface area (Å²) in [6.45, 7) is 3.53. The van der Waals surface area contributed by atoms with Gasteiger partial charge in [0, 0.05) is 6.20 Å². The highest BCUT2D eigenvalue weighted by Crippen LogP contribution is 2.29. The smallest absolute Gasteiger partial charge is 0.344 e. The number of methoxy groups -OCH3 is 1. The van der Waals surface area contributed by atoms with Gasteiger partial charge in [-0.1, -0.05) is 12.1 Å². The molecule has 0 aliphatic carbocycles. The molecule has 1 atom stereocenters. The van der Waals surface area contributed by atoms with Crippen LogP contribution in [-0.4, -0.2) is 49.9 Å². The Hall–Kier alpha value is -4.08. The number of urea groups is 1. The Kier molecular flexibility index (Phi) is 7.85. The minimum atomic E-state index is -0.810. The Morgan fingerprint density at radius 1 is 1.03 bits per heavy atom. The first-order chi connectivity index (χ1) is 16.0. The molecule has 1 aliphatic rings. The van der Waals surface area contributed by atoms with Crippen LogP contribution in [-0.2, 0) is 14.3 Å². The molecule has 0 saturated heterocycles. The number of rotatable bonds is 9. The summed E-state index contributed by atoms with van der Waals surface area (Å²) in [6.07, 6.45) is 1.50. The quantitative estimate of drug-likeness (QED) is 0.553. The van der Waals surface area contributed by atoms with Crippen molar-refractivity contribution < 1.29 is 33.3 Å². The van der Waals surface area contributed by atoms with Crippen molar-refractivity contribution in [2.45, 2.75) is 19.9 Å². The van der Waals surface area contributed by atoms with Gasteiger partial charge in [0.25, 0.3) is 0 Å². The molecule has 0 radical (unpaired) electrons. The lowest BCUT2D eigenvalue weighted by Crippen LogP contribution is -2.47. The second-order valence-electron chi connectivity index (χ2n) is 6.78. The number of nitrogens with one attached hydrogen (secondary N) is 2. The first-order valence-electron chi connectivity index (χ1n) is 10.3. The summed E-state index contributed by atoms with van der Waals surface area (Å²) >= 11 is 0. The molecule has 1 aliphatic heterocycles. The number of carbonyl (C=O) groups excluding carboxylic acids is 3. The van der Waals surface area contributed by atoms with Crippen molar-refractivity contribution in [2.75, 3.05) is 26.9 Å². The van der Waals surface area contributed by atoms with Crippen LogP contribution in [0.25, 0.3) is 0 Å². The fourth-order valence-electron chi connectivity index (χ4n) is 3.24. The van der Waals surface area contributed by atoms with E-state index in [9.17, 15) is 14.4 Å². The third kappa shape index (κ3) is 5.59. The number of carbonyl (C=O) groups is 3. The van der Waals surface area contributed by atoms with Crippen LogP contribution >= 0.6 is 0 Å². The molecule has 10 nitrogen and oxygen atoms in total. The number of hydrogen-bond donors (Lipinski definition) is 2. The summed E-state index contributed by atoms with van der Waals surface area (Å²) in [5.41, 5.74) is 1.01. The molecule has 33 heavy (non-hydrogen) atoms. The minimum absolute atomic E-state index is 0.119. The zero-order valence-electron chi connectivity index (χ0n) is 18.5. The Morgan fingerprint density at radius 3 is 2.45 bits per heavy atom. The number of ether oxygens (including phenoxy) is 4. The number of esters is 2. The van der Waals surface area contributed by atoms with E-state index in [0.29, 0.717) is 17.9 Å². The maximum Gasteiger partial charge on any atom is 0.344 e. The third-order valence-electron chi connectivity index (χ3n) is 4.72. The predicted molar refractivity (Wildman–Crippen MR) is 117 cm³/mol. The third-order valence-corrected chi connectivity index (χ3v) is 4.72. The van der Waals surface area contributed by atoms with Crippen LogP contribution in [0, 0.1) is 0 Å². The van der Waals surface area contributed by atoms with Crippen LogP contribution in [0.5, 0.6) is 11.6 Å². The molecule has 0 bridgehead atoms. The van der Waals surface area contributed by atoms with E-state index < -0.39 is 24.0 Å². The lowest BCUT2D eigenvalue weighted by Gasteiger charge is -2.29. The predicted octanol–water partition coefficient (Wildman–Crippen LogP) is 2.52. The highest BCUT2D eigenvalue weighted by Gasteiger charge is 2.34. The van der Waals surface area contributed by atoms with E-state index >= 15 is 0 Å². The Labute approximate surface area is 190 Å². The van der Waals surface area contributed by atoms with Crippen molar-refractivity contribution in [2.24, 2.45) is 0 Å². The fraction of sp³-hybridized carbons (Fsp3) is 0.304. The van der Waals surface area contributed by atoms with E-state index in [0.717, 1.165) is 0 Å². The van der Waals surface area contributed by atoms with Gasteiger partial charge >= 0.3 is 18.0 Å². The number of benzene rings is 1. The summed E-state index contributed by atoms with van der Waals surface area (Å²) in [7, 11) is 1.54. The van der Waals surface area contributed by atoms with Crippen molar-refractivity contribution in [3.8, 4) is 11.6 Å². The summed E-state index contributed by atoms with van der Waals surface area (Å²) in [6, 6.07) is 8.61. The largest absolute Gasteiger partial charge is 0.497 e. The van der Waals surface area contributed by atoms with Gasteiger partial charge in [0.15, 0.2) is 0 Å². The molecule has 174 valence electrons. The SMILES string of the molecule is CCOC(=O)C1=C(COC(=O)c2cccnc2OCC)NC(=O)NC1c1ccc(OC)cc1. The van der Waals surface area contributed by atoms with Crippen LogP contribution in [0.3, 0.4) is 0 Å². The van der Waals surface area contributed by atoms with Crippen molar-refractivity contribution in [1.82, 2.24) is 15.6 Å². The topological polar surface area (TPSA) is 125 Å². The van der Waals surface area contributed by atoms with Gasteiger partial charge in [0.2, 0.25) is 5.88 Å². The van der Waals surface area contributed by atoms with E-state index in [-0.39, 0.29) is 35.9 Å². The second-order valence-corrected chi connectivity index (χ2v) is 6.78. The number of aromatic nitrogens is 1. The molecule has 1 aromatic carbocycles. The molecule has 1 unspecified atom stereocenters. The highest BCUT2D eigenvalue weighted by atomic mass is 16.5. The van der Waals surface area contributed by atoms with Gasteiger partial charge in [-0.3, -0.25) is 0 Å². The number of pyridine rings is 1. The molecular formula is C23H25N3O7. The summed E-state index contributed by atoms with van der Waals surface area (Å²) in [4.78, 5) is 41.9. The maximum absolute atomic E-state index is 12.8. The minimum Gasteiger partial charge on any atom is -0.497 e. The Balaban J connectivity index is 1.92. The Morgan fingerprint density at radius 2 is 1.79 bits per heavy atom. The van der Waals surface area contributed by atoms with E-state index in [2.05, 4.69) is 15.6 Å². The molecule has 1 aromatic heterocycles. The van der Waals surface area contributed by atoms with Crippen molar-refractivity contribution in [1.29, 1.82) is 0 Å². The van der Waals surface area contributed by atoms with Gasteiger partial charge in [-0.15, -0.1) is 0 Å². The van der Waals surface area contributed by atoms with Gasteiger partial charge in [-0.25, -0.2) is 19.4 Å². The van der Waals surface area contributed by atoms with Gasteiger partial charge < -0.3 is 29.6 Å². The molecule has 2 heterocycles. The van der Waals surface area contributed by atoms with Crippen LogP contribution in [0.2, 0.25) is 0 Å². The van der Waals surface area contributed by atoms with Crippen molar-refractivity contribution >= 4 is 18.0 Å². The second kappa shape index (κ2) is 11.0. The molecule has 10 heteroatoms. The molecular weight excluding hydrogens is 430 g/mol. The van der Waals surface area contributed by atoms with E-state index in [1.54, 1.807) is 44.2 Å². The van der Waals surface area contributed by atoms with E-state index in [4.69, 9.17) is 18.9 Å². The average Bonchev–Trinajstić information content (AvgIpc) is 2.83. The summed E-state index contributed by atoms with van der Waals surface area (Å²) in [5.74, 6) is -0.601. The van der Waals surface area contributed by atoms with Gasteiger partial charge in [-0.05, 0) is 43.7 Å². The first kappa shape index (κ1) is 23.6. The lowest BCUT2D eigenvalue weighted by molar-refractivity contribution is -0.139. The molecule has 0 spiro atoms. The standard InChI is InChI=1S/C23H25N3O7/c1-4-31-20-16(7-6-12-24-20)21(27)33-13-17-18(22(28)32-5-2)19(26-23(29)25-17)14-8-10-15(30-3)11-9-14/h6-12,19H,4-5,13H2,1-3H3,(H2,25,26,29). The molecule has 0 saturated carbocycles. The molecule has 3 rings (SSSR count). The normalized spacial score (nSPS) is 15.2. The van der Waals surface area contributed by atoms with Gasteiger partial charge in [0.05, 0.1) is 37.6 Å². The average molecular weight is 455 g/mol. The summed E-state index contributed by atoms with van der Waals surface area (Å²) < 4.78 is 21.1. The van der Waals surface area contributed by atoms with E-state index in [1.165, 1.54) is 19.4 Å². The van der Waals surface area contributed by atoms with Gasteiger partial charge in [0.1, 0.15) is 17.9 Å². The molecule has 0 fully saturated rings. The number of hydrogen-bond acceptors (Lipinski definition) is 8.